The van der Waals surface area contributed by atoms with Crippen LogP contribution in [-0.2, 0) is 9.47 Å². The summed E-state index contributed by atoms with van der Waals surface area (Å²) in [7, 11) is 5.93. The van der Waals surface area contributed by atoms with Gasteiger partial charge in [-0.2, -0.15) is 0 Å². The Morgan fingerprint density at radius 1 is 1.32 bits per heavy atom. The molecule has 28 heavy (non-hydrogen) atoms. The van der Waals surface area contributed by atoms with Gasteiger partial charge < -0.3 is 25.0 Å². The summed E-state index contributed by atoms with van der Waals surface area (Å²) in [6.45, 7) is 3.89. The van der Waals surface area contributed by atoms with Gasteiger partial charge in [-0.15, -0.1) is 24.0 Å². The van der Waals surface area contributed by atoms with Crippen molar-refractivity contribution in [2.45, 2.75) is 31.4 Å². The van der Waals surface area contributed by atoms with Crippen molar-refractivity contribution in [3.8, 4) is 0 Å². The van der Waals surface area contributed by atoms with Gasteiger partial charge in [-0.3, -0.25) is 4.99 Å². The molecule has 1 aromatic rings. The third-order valence-electron chi connectivity index (χ3n) is 4.65. The third kappa shape index (κ3) is 9.26. The standard InChI is InChI=1S/C20H33ClN4O2.HI/c1-22-20(23-11-5-12-26-15-18-6-4-13-27-18)24-14-19(25(2)3)16-7-9-17(21)10-8-16;/h7-10,18-19H,4-6,11-15H2,1-3H3,(H2,22,23,24);1H. The maximum atomic E-state index is 6.00. The highest BCUT2D eigenvalue weighted by atomic mass is 127. The fourth-order valence-electron chi connectivity index (χ4n) is 3.07. The number of likely N-dealkylation sites (N-methyl/N-ethyl adjacent to an activating group) is 1. The quantitative estimate of drug-likeness (QED) is 0.213. The van der Waals surface area contributed by atoms with E-state index in [9.17, 15) is 0 Å². The number of nitrogens with zero attached hydrogens (tertiary/aromatic N) is 2. The average Bonchev–Trinajstić information content (AvgIpc) is 3.17. The molecule has 8 heteroatoms. The molecule has 1 aliphatic rings. The molecule has 2 unspecified atom stereocenters. The van der Waals surface area contributed by atoms with E-state index in [0.29, 0.717) is 12.7 Å². The topological polar surface area (TPSA) is 58.1 Å². The second-order valence-corrected chi connectivity index (χ2v) is 7.41. The summed E-state index contributed by atoms with van der Waals surface area (Å²) < 4.78 is 11.2. The van der Waals surface area contributed by atoms with Crippen molar-refractivity contribution in [3.05, 3.63) is 34.9 Å². The van der Waals surface area contributed by atoms with E-state index < -0.39 is 0 Å². The van der Waals surface area contributed by atoms with E-state index in [-0.39, 0.29) is 30.0 Å². The first kappa shape index (κ1) is 25.4. The smallest absolute Gasteiger partial charge is 0.191 e. The molecule has 1 fully saturated rings. The predicted molar refractivity (Wildman–Crippen MR) is 127 cm³/mol. The second kappa shape index (κ2) is 14.4. The zero-order valence-corrected chi connectivity index (χ0v) is 20.2. The molecule has 0 saturated carbocycles. The summed E-state index contributed by atoms with van der Waals surface area (Å²) >= 11 is 6.00. The van der Waals surface area contributed by atoms with Gasteiger partial charge in [0, 0.05) is 38.4 Å². The van der Waals surface area contributed by atoms with E-state index >= 15 is 0 Å². The molecule has 0 aromatic heterocycles. The Morgan fingerprint density at radius 2 is 2.07 bits per heavy atom. The molecule has 2 rings (SSSR count). The van der Waals surface area contributed by atoms with Gasteiger partial charge in [-0.05, 0) is 51.1 Å². The summed E-state index contributed by atoms with van der Waals surface area (Å²) in [6.07, 6.45) is 3.50. The van der Waals surface area contributed by atoms with Gasteiger partial charge in [0.25, 0.3) is 0 Å². The van der Waals surface area contributed by atoms with Gasteiger partial charge in [-0.25, -0.2) is 0 Å². The van der Waals surface area contributed by atoms with E-state index in [0.717, 1.165) is 56.5 Å². The van der Waals surface area contributed by atoms with Crippen LogP contribution < -0.4 is 10.6 Å². The average molecular weight is 525 g/mol. The predicted octanol–water partition coefficient (Wildman–Crippen LogP) is 3.31. The molecule has 0 amide bonds. The van der Waals surface area contributed by atoms with Crippen molar-refractivity contribution in [3.63, 3.8) is 0 Å². The van der Waals surface area contributed by atoms with Crippen LogP contribution in [0, 0.1) is 0 Å². The molecule has 160 valence electrons. The van der Waals surface area contributed by atoms with Crippen LogP contribution in [0.25, 0.3) is 0 Å². The van der Waals surface area contributed by atoms with E-state index in [1.807, 2.05) is 12.1 Å². The molecular formula is C20H34ClIN4O2. The Balaban J connectivity index is 0.00000392. The Morgan fingerprint density at radius 3 is 2.68 bits per heavy atom. The van der Waals surface area contributed by atoms with Crippen LogP contribution in [0.15, 0.2) is 29.3 Å². The SMILES string of the molecule is CN=C(NCCCOCC1CCCO1)NCC(c1ccc(Cl)cc1)N(C)C.I. The Labute approximate surface area is 191 Å². The van der Waals surface area contributed by atoms with Gasteiger partial charge in [0.05, 0.1) is 18.8 Å². The van der Waals surface area contributed by atoms with Crippen molar-refractivity contribution in [1.82, 2.24) is 15.5 Å². The molecule has 2 N–H and O–H groups in total. The second-order valence-electron chi connectivity index (χ2n) is 6.97. The minimum atomic E-state index is 0. The van der Waals surface area contributed by atoms with Crippen LogP contribution in [-0.4, -0.2) is 71.0 Å². The minimum Gasteiger partial charge on any atom is -0.379 e. The zero-order chi connectivity index (χ0) is 19.5. The number of hydrogen-bond donors (Lipinski definition) is 2. The first-order valence-corrected chi connectivity index (χ1v) is 10.0. The number of ether oxygens (including phenoxy) is 2. The van der Waals surface area contributed by atoms with Crippen molar-refractivity contribution in [2.75, 3.05) is 54.1 Å². The molecule has 1 saturated heterocycles. The van der Waals surface area contributed by atoms with Gasteiger partial charge in [-0.1, -0.05) is 23.7 Å². The van der Waals surface area contributed by atoms with Crippen LogP contribution in [0.1, 0.15) is 30.9 Å². The number of aliphatic imine (C=N–C) groups is 1. The molecule has 2 atom stereocenters. The summed E-state index contributed by atoms with van der Waals surface area (Å²) in [5, 5.41) is 7.50. The summed E-state index contributed by atoms with van der Waals surface area (Å²) in [4.78, 5) is 6.48. The number of guanidine groups is 1. The van der Waals surface area contributed by atoms with Gasteiger partial charge in [0.15, 0.2) is 5.96 Å². The van der Waals surface area contributed by atoms with Crippen molar-refractivity contribution in [1.29, 1.82) is 0 Å². The highest BCUT2D eigenvalue weighted by Gasteiger charge is 2.15. The Kier molecular flexibility index (Phi) is 13.1. The largest absolute Gasteiger partial charge is 0.379 e. The fourth-order valence-corrected chi connectivity index (χ4v) is 3.20. The van der Waals surface area contributed by atoms with Gasteiger partial charge >= 0.3 is 0 Å². The van der Waals surface area contributed by atoms with Crippen LogP contribution in [0.5, 0.6) is 0 Å². The lowest BCUT2D eigenvalue weighted by molar-refractivity contribution is 0.0168. The molecule has 0 spiro atoms. The van der Waals surface area contributed by atoms with E-state index in [4.69, 9.17) is 21.1 Å². The first-order chi connectivity index (χ1) is 13.1. The van der Waals surface area contributed by atoms with Crippen molar-refractivity contribution < 1.29 is 9.47 Å². The third-order valence-corrected chi connectivity index (χ3v) is 4.90. The number of nitrogens with one attached hydrogen (secondary N) is 2. The number of benzene rings is 1. The maximum Gasteiger partial charge on any atom is 0.191 e. The molecule has 1 aromatic carbocycles. The number of hydrogen-bond acceptors (Lipinski definition) is 4. The van der Waals surface area contributed by atoms with Crippen molar-refractivity contribution in [2.24, 2.45) is 4.99 Å². The van der Waals surface area contributed by atoms with Crippen LogP contribution >= 0.6 is 35.6 Å². The molecule has 0 aliphatic carbocycles. The van der Waals surface area contributed by atoms with E-state index in [1.165, 1.54) is 5.56 Å². The lowest BCUT2D eigenvalue weighted by atomic mass is 10.1. The van der Waals surface area contributed by atoms with E-state index in [1.54, 1.807) is 7.05 Å². The Hall–Kier alpha value is -0.610. The van der Waals surface area contributed by atoms with Crippen molar-refractivity contribution >= 4 is 41.5 Å². The summed E-state index contributed by atoms with van der Waals surface area (Å²) in [5.74, 6) is 0.801. The molecule has 6 nitrogen and oxygen atoms in total. The normalized spacial score (nSPS) is 18.0. The molecule has 1 heterocycles. The highest BCUT2D eigenvalue weighted by molar-refractivity contribution is 14.0. The number of halogens is 2. The van der Waals surface area contributed by atoms with Crippen LogP contribution in [0.3, 0.4) is 0 Å². The molecule has 1 aliphatic heterocycles. The fraction of sp³-hybridized carbons (Fsp3) is 0.650. The highest BCUT2D eigenvalue weighted by Crippen LogP contribution is 2.19. The monoisotopic (exact) mass is 524 g/mol. The van der Waals surface area contributed by atoms with E-state index in [2.05, 4.69) is 46.8 Å². The minimum absolute atomic E-state index is 0. The lowest BCUT2D eigenvalue weighted by Crippen LogP contribution is -2.42. The van der Waals surface area contributed by atoms with Gasteiger partial charge in [0.2, 0.25) is 0 Å². The maximum absolute atomic E-state index is 6.00. The van der Waals surface area contributed by atoms with Crippen LogP contribution in [0.2, 0.25) is 5.02 Å². The summed E-state index contributed by atoms with van der Waals surface area (Å²) in [6, 6.07) is 8.22. The lowest BCUT2D eigenvalue weighted by Gasteiger charge is -2.26. The number of rotatable bonds is 10. The summed E-state index contributed by atoms with van der Waals surface area (Å²) in [5.41, 5.74) is 1.22. The molecular weight excluding hydrogens is 491 g/mol. The van der Waals surface area contributed by atoms with Crippen LogP contribution in [0.4, 0.5) is 0 Å². The zero-order valence-electron chi connectivity index (χ0n) is 17.1. The Bertz CT molecular complexity index is 566. The first-order valence-electron chi connectivity index (χ1n) is 9.66. The molecule has 0 bridgehead atoms. The molecule has 0 radical (unpaired) electrons. The van der Waals surface area contributed by atoms with Gasteiger partial charge in [0.1, 0.15) is 0 Å².